The average molecular weight is 349 g/mol. The molecule has 0 aliphatic rings. The highest BCUT2D eigenvalue weighted by atomic mass is 35.5. The minimum atomic E-state index is -1.20. The average Bonchev–Trinajstić information content (AvgIpc) is 2.48. The van der Waals surface area contributed by atoms with Crippen LogP contribution in [-0.4, -0.2) is 15.1 Å². The van der Waals surface area contributed by atoms with Crippen molar-refractivity contribution in [1.82, 2.24) is 9.97 Å². The van der Waals surface area contributed by atoms with E-state index < -0.39 is 17.2 Å². The van der Waals surface area contributed by atoms with E-state index in [1.807, 2.05) is 0 Å². The molecule has 0 amide bonds. The van der Waals surface area contributed by atoms with E-state index >= 15 is 0 Å². The number of pyridine rings is 2. The third-order valence-corrected chi connectivity index (χ3v) is 3.99. The van der Waals surface area contributed by atoms with Crippen molar-refractivity contribution in [1.29, 1.82) is 0 Å². The number of fused-ring (bicyclic) bond motifs is 1. The van der Waals surface area contributed by atoms with Gasteiger partial charge in [-0.15, -0.1) is 0 Å². The zero-order chi connectivity index (χ0) is 17.6. The van der Waals surface area contributed by atoms with E-state index in [0.29, 0.717) is 22.2 Å². The van der Waals surface area contributed by atoms with Gasteiger partial charge in [-0.2, -0.15) is 0 Å². The van der Waals surface area contributed by atoms with Crippen LogP contribution in [0.1, 0.15) is 25.1 Å². The molecular formula is C18H15ClF2N2O. The summed E-state index contributed by atoms with van der Waals surface area (Å²) in [6.45, 7) is 4.94. The Labute approximate surface area is 142 Å². The summed E-state index contributed by atoms with van der Waals surface area (Å²) in [6.07, 6.45) is 0.990. The van der Waals surface area contributed by atoms with E-state index in [0.717, 1.165) is 6.20 Å². The fraction of sp³-hybridized carbons (Fsp3) is 0.222. The molecule has 0 aliphatic carbocycles. The summed E-state index contributed by atoms with van der Waals surface area (Å²) in [7, 11) is 0. The molecule has 1 N–H and O–H groups in total. The molecule has 3 nitrogen and oxygen atoms in total. The molecule has 0 radical (unpaired) electrons. The van der Waals surface area contributed by atoms with Crippen molar-refractivity contribution < 1.29 is 13.9 Å². The number of nitrogens with zero attached hydrogens (tertiary/aromatic N) is 2. The Balaban J connectivity index is 2.38. The number of aromatic nitrogens is 2. The van der Waals surface area contributed by atoms with Crippen molar-refractivity contribution in [2.75, 3.05) is 0 Å². The maximum Gasteiger partial charge on any atom is 0.150 e. The number of hydrogen-bond donors (Lipinski definition) is 1. The molecule has 0 aliphatic heterocycles. The third kappa shape index (κ3) is 2.97. The van der Waals surface area contributed by atoms with Gasteiger partial charge in [0.1, 0.15) is 22.3 Å². The van der Waals surface area contributed by atoms with Crippen LogP contribution in [0.5, 0.6) is 0 Å². The fourth-order valence-electron chi connectivity index (χ4n) is 2.71. The summed E-state index contributed by atoms with van der Waals surface area (Å²) in [5.74, 6) is -1.20. The molecule has 0 spiro atoms. The number of aliphatic hydroxyl groups is 1. The predicted molar refractivity (Wildman–Crippen MR) is 89.9 cm³/mol. The van der Waals surface area contributed by atoms with Crippen molar-refractivity contribution in [3.05, 3.63) is 58.5 Å². The molecule has 0 bridgehead atoms. The van der Waals surface area contributed by atoms with Crippen molar-refractivity contribution in [2.24, 2.45) is 0 Å². The van der Waals surface area contributed by atoms with Gasteiger partial charge in [0.05, 0.1) is 11.8 Å². The summed E-state index contributed by atoms with van der Waals surface area (Å²) >= 11 is 5.83. The standard InChI is InChI=1S/C18H15ClF2N2O/c1-9-4-13(18(2,3)24)12-5-10(6-14(20)17(12)23-9)11-7-16(19)22-8-15(11)21/h4-8,24H,1-3H3. The number of halogens is 3. The van der Waals surface area contributed by atoms with E-state index in [1.54, 1.807) is 32.9 Å². The molecule has 0 unspecified atom stereocenters. The largest absolute Gasteiger partial charge is 0.386 e. The lowest BCUT2D eigenvalue weighted by atomic mass is 9.92. The Morgan fingerprint density at radius 1 is 1.08 bits per heavy atom. The SMILES string of the molecule is Cc1cc(C(C)(C)O)c2cc(-c3cc(Cl)ncc3F)cc(F)c2n1. The minimum Gasteiger partial charge on any atom is -0.386 e. The molecule has 2 aromatic heterocycles. The van der Waals surface area contributed by atoms with Crippen LogP contribution in [-0.2, 0) is 5.60 Å². The maximum absolute atomic E-state index is 14.6. The van der Waals surface area contributed by atoms with Crippen molar-refractivity contribution >= 4 is 22.5 Å². The number of hydrogen-bond acceptors (Lipinski definition) is 3. The minimum absolute atomic E-state index is 0.108. The molecule has 0 saturated heterocycles. The lowest BCUT2D eigenvalue weighted by Crippen LogP contribution is -2.17. The summed E-state index contributed by atoms with van der Waals surface area (Å²) in [5, 5.41) is 10.9. The van der Waals surface area contributed by atoms with Gasteiger partial charge in [-0.05, 0) is 56.2 Å². The van der Waals surface area contributed by atoms with E-state index in [4.69, 9.17) is 11.6 Å². The second-order valence-corrected chi connectivity index (χ2v) is 6.60. The molecule has 6 heteroatoms. The number of aryl methyl sites for hydroxylation is 1. The maximum atomic E-state index is 14.6. The van der Waals surface area contributed by atoms with Gasteiger partial charge >= 0.3 is 0 Å². The first-order chi connectivity index (χ1) is 11.2. The molecule has 1 aromatic carbocycles. The molecule has 124 valence electrons. The van der Waals surface area contributed by atoms with Gasteiger partial charge in [-0.25, -0.2) is 13.8 Å². The van der Waals surface area contributed by atoms with Crippen LogP contribution in [0.2, 0.25) is 5.15 Å². The zero-order valence-electron chi connectivity index (χ0n) is 13.4. The monoisotopic (exact) mass is 348 g/mol. The van der Waals surface area contributed by atoms with Crippen LogP contribution >= 0.6 is 11.6 Å². The highest BCUT2D eigenvalue weighted by Crippen LogP contribution is 2.34. The number of benzene rings is 1. The van der Waals surface area contributed by atoms with Crippen LogP contribution in [0.3, 0.4) is 0 Å². The van der Waals surface area contributed by atoms with E-state index in [2.05, 4.69) is 9.97 Å². The van der Waals surface area contributed by atoms with Gasteiger partial charge in [-0.1, -0.05) is 11.6 Å². The first kappa shape index (κ1) is 16.7. The smallest absolute Gasteiger partial charge is 0.150 e. The van der Waals surface area contributed by atoms with E-state index in [-0.39, 0.29) is 16.2 Å². The topological polar surface area (TPSA) is 46.0 Å². The second-order valence-electron chi connectivity index (χ2n) is 6.21. The molecule has 0 fully saturated rings. The Hall–Kier alpha value is -2.11. The lowest BCUT2D eigenvalue weighted by molar-refractivity contribution is 0.0800. The Morgan fingerprint density at radius 2 is 1.79 bits per heavy atom. The third-order valence-electron chi connectivity index (χ3n) is 3.79. The molecule has 3 rings (SSSR count). The van der Waals surface area contributed by atoms with Crippen molar-refractivity contribution in [2.45, 2.75) is 26.4 Å². The lowest BCUT2D eigenvalue weighted by Gasteiger charge is -2.21. The highest BCUT2D eigenvalue weighted by Gasteiger charge is 2.22. The molecular weight excluding hydrogens is 334 g/mol. The van der Waals surface area contributed by atoms with Crippen LogP contribution in [0.4, 0.5) is 8.78 Å². The summed E-state index contributed by atoms with van der Waals surface area (Å²) < 4.78 is 28.7. The van der Waals surface area contributed by atoms with Crippen LogP contribution in [0.15, 0.2) is 30.5 Å². The summed E-state index contributed by atoms with van der Waals surface area (Å²) in [4.78, 5) is 7.87. The molecule has 2 heterocycles. The van der Waals surface area contributed by atoms with Gasteiger partial charge in [0, 0.05) is 16.6 Å². The second kappa shape index (κ2) is 5.76. The van der Waals surface area contributed by atoms with Gasteiger partial charge in [0.15, 0.2) is 0 Å². The van der Waals surface area contributed by atoms with Gasteiger partial charge in [0.25, 0.3) is 0 Å². The normalized spacial score (nSPS) is 12.0. The number of rotatable bonds is 2. The van der Waals surface area contributed by atoms with Gasteiger partial charge < -0.3 is 5.11 Å². The summed E-state index contributed by atoms with van der Waals surface area (Å²) in [6, 6.07) is 5.84. The first-order valence-electron chi connectivity index (χ1n) is 7.32. The van der Waals surface area contributed by atoms with Gasteiger partial charge in [-0.3, -0.25) is 4.98 Å². The molecule has 24 heavy (non-hydrogen) atoms. The highest BCUT2D eigenvalue weighted by molar-refractivity contribution is 6.29. The molecule has 3 aromatic rings. The zero-order valence-corrected chi connectivity index (χ0v) is 14.1. The molecule has 0 atom stereocenters. The molecule has 0 saturated carbocycles. The quantitative estimate of drug-likeness (QED) is 0.679. The first-order valence-corrected chi connectivity index (χ1v) is 7.70. The Morgan fingerprint density at radius 3 is 2.46 bits per heavy atom. The van der Waals surface area contributed by atoms with E-state index in [1.165, 1.54) is 12.1 Å². The Kier molecular flexibility index (Phi) is 4.01. The van der Waals surface area contributed by atoms with Crippen LogP contribution < -0.4 is 0 Å². The fourth-order valence-corrected chi connectivity index (χ4v) is 2.87. The van der Waals surface area contributed by atoms with Crippen molar-refractivity contribution in [3.8, 4) is 11.1 Å². The van der Waals surface area contributed by atoms with E-state index in [9.17, 15) is 13.9 Å². The summed E-state index contributed by atoms with van der Waals surface area (Å²) in [5.41, 5.74) is 0.481. The predicted octanol–water partition coefficient (Wildman–Crippen LogP) is 4.76. The van der Waals surface area contributed by atoms with Gasteiger partial charge in [0.2, 0.25) is 0 Å². The van der Waals surface area contributed by atoms with Crippen molar-refractivity contribution in [3.63, 3.8) is 0 Å². The Bertz CT molecular complexity index is 952. The van der Waals surface area contributed by atoms with Crippen LogP contribution in [0, 0.1) is 18.6 Å². The van der Waals surface area contributed by atoms with Crippen LogP contribution in [0.25, 0.3) is 22.0 Å².